The van der Waals surface area contributed by atoms with E-state index in [1.165, 1.54) is 0 Å². The van der Waals surface area contributed by atoms with Crippen LogP contribution in [0.2, 0.25) is 0 Å². The fourth-order valence-electron chi connectivity index (χ4n) is 0.807. The first-order valence-corrected chi connectivity index (χ1v) is 4.96. The van der Waals surface area contributed by atoms with E-state index in [0.29, 0.717) is 0 Å². The second-order valence-electron chi connectivity index (χ2n) is 2.53. The van der Waals surface area contributed by atoms with Gasteiger partial charge in [0.05, 0.1) is 11.4 Å². The fourth-order valence-corrected chi connectivity index (χ4v) is 1.22. The molecule has 14 heavy (non-hydrogen) atoms. The average molecular weight is 220 g/mol. The third kappa shape index (κ3) is 2.53. The van der Waals surface area contributed by atoms with Crippen LogP contribution in [0.3, 0.4) is 0 Å². The van der Waals surface area contributed by atoms with Crippen molar-refractivity contribution in [2.24, 2.45) is 0 Å². The third-order valence-corrected chi connectivity index (χ3v) is 1.81. The van der Waals surface area contributed by atoms with Crippen LogP contribution in [0.1, 0.15) is 0 Å². The van der Waals surface area contributed by atoms with E-state index in [1.54, 1.807) is 0 Å². The Balaban J connectivity index is 3.11. The van der Waals surface area contributed by atoms with Gasteiger partial charge in [-0.15, -0.1) is 0 Å². The SMILES string of the molecule is Nc1cc(OP(=O)(O)O)c(N)cc1O. The van der Waals surface area contributed by atoms with Gasteiger partial charge in [-0.05, 0) is 0 Å². The molecule has 1 aromatic rings. The molecule has 0 aliphatic carbocycles. The quantitative estimate of drug-likeness (QED) is 0.269. The van der Waals surface area contributed by atoms with Gasteiger partial charge in [0.15, 0.2) is 5.75 Å². The summed E-state index contributed by atoms with van der Waals surface area (Å²) in [5.74, 6) is -0.547. The van der Waals surface area contributed by atoms with Crippen molar-refractivity contribution in [3.8, 4) is 11.5 Å². The Hall–Kier alpha value is -1.43. The number of phenolic OH excluding ortho intramolecular Hbond substituents is 1. The van der Waals surface area contributed by atoms with Crippen LogP contribution in [0.25, 0.3) is 0 Å². The molecule has 78 valence electrons. The summed E-state index contributed by atoms with van der Waals surface area (Å²) in [6.45, 7) is 0. The number of anilines is 2. The molecule has 7 N–H and O–H groups in total. The minimum absolute atomic E-state index is 0.0809. The molecule has 8 heteroatoms. The zero-order valence-corrected chi connectivity index (χ0v) is 7.81. The van der Waals surface area contributed by atoms with Gasteiger partial charge in [0.1, 0.15) is 5.75 Å². The minimum atomic E-state index is -4.67. The van der Waals surface area contributed by atoms with Crippen molar-refractivity contribution in [3.63, 3.8) is 0 Å². The van der Waals surface area contributed by atoms with Crippen LogP contribution < -0.4 is 16.0 Å². The molecule has 7 nitrogen and oxygen atoms in total. The highest BCUT2D eigenvalue weighted by Crippen LogP contribution is 2.42. The summed E-state index contributed by atoms with van der Waals surface area (Å²) >= 11 is 0. The van der Waals surface area contributed by atoms with Gasteiger partial charge in [0.2, 0.25) is 0 Å². The van der Waals surface area contributed by atoms with Crippen molar-refractivity contribution in [1.82, 2.24) is 0 Å². The first-order chi connectivity index (χ1) is 6.29. The van der Waals surface area contributed by atoms with Crippen LogP contribution in [0.4, 0.5) is 11.4 Å². The molecule has 0 fully saturated rings. The molecule has 0 bridgehead atoms. The lowest BCUT2D eigenvalue weighted by atomic mass is 10.2. The third-order valence-electron chi connectivity index (χ3n) is 1.38. The number of nitrogen functional groups attached to an aromatic ring is 2. The number of phosphoric ester groups is 1. The molecule has 1 aromatic carbocycles. The topological polar surface area (TPSA) is 139 Å². The molecule has 0 heterocycles. The van der Waals surface area contributed by atoms with Crippen LogP contribution in [0.15, 0.2) is 12.1 Å². The van der Waals surface area contributed by atoms with E-state index in [0.717, 1.165) is 12.1 Å². The molecule has 0 aliphatic heterocycles. The van der Waals surface area contributed by atoms with Crippen molar-refractivity contribution < 1.29 is 24.0 Å². The van der Waals surface area contributed by atoms with Crippen LogP contribution in [-0.2, 0) is 4.57 Å². The van der Waals surface area contributed by atoms with Gasteiger partial charge < -0.3 is 21.1 Å². The Bertz CT molecular complexity index is 401. The Morgan fingerprint density at radius 1 is 1.21 bits per heavy atom. The van der Waals surface area contributed by atoms with E-state index in [1.807, 2.05) is 0 Å². The van der Waals surface area contributed by atoms with Crippen LogP contribution in [-0.4, -0.2) is 14.9 Å². The van der Waals surface area contributed by atoms with Crippen molar-refractivity contribution in [2.75, 3.05) is 11.5 Å². The molecule has 1 rings (SSSR count). The van der Waals surface area contributed by atoms with Gasteiger partial charge in [-0.1, -0.05) is 0 Å². The van der Waals surface area contributed by atoms with Crippen LogP contribution in [0, 0.1) is 0 Å². The van der Waals surface area contributed by atoms with Crippen LogP contribution in [0.5, 0.6) is 11.5 Å². The molecule has 0 radical (unpaired) electrons. The van der Waals surface area contributed by atoms with E-state index >= 15 is 0 Å². The molecule has 0 aliphatic rings. The van der Waals surface area contributed by atoms with Gasteiger partial charge in [0, 0.05) is 12.1 Å². The standard InChI is InChI=1S/C6H9N2O5P/c7-3-2-6(13-14(10,11)12)4(8)1-5(3)9/h1-2,9H,7-8H2,(H2,10,11,12). The maximum Gasteiger partial charge on any atom is 0.524 e. The minimum Gasteiger partial charge on any atom is -0.506 e. The summed E-state index contributed by atoms with van der Waals surface area (Å²) in [6, 6.07) is 2.07. The zero-order chi connectivity index (χ0) is 10.9. The molecule has 0 unspecified atom stereocenters. The molecule has 0 aromatic heterocycles. The largest absolute Gasteiger partial charge is 0.524 e. The summed E-state index contributed by atoms with van der Waals surface area (Å²) in [7, 11) is -4.67. The first kappa shape index (κ1) is 10.6. The molecule has 0 amide bonds. The highest BCUT2D eigenvalue weighted by molar-refractivity contribution is 7.46. The average Bonchev–Trinajstić information content (AvgIpc) is 1.97. The Labute approximate surface area is 79.2 Å². The van der Waals surface area contributed by atoms with E-state index < -0.39 is 7.82 Å². The lowest BCUT2D eigenvalue weighted by Gasteiger charge is -2.10. The lowest BCUT2D eigenvalue weighted by molar-refractivity contribution is 0.283. The normalized spacial score (nSPS) is 11.3. The number of aromatic hydroxyl groups is 1. The zero-order valence-electron chi connectivity index (χ0n) is 6.91. The number of phenols is 1. The highest BCUT2D eigenvalue weighted by Gasteiger charge is 2.18. The number of rotatable bonds is 2. The van der Waals surface area contributed by atoms with Crippen molar-refractivity contribution in [3.05, 3.63) is 12.1 Å². The second-order valence-corrected chi connectivity index (χ2v) is 3.69. The number of hydrogen-bond acceptors (Lipinski definition) is 5. The monoisotopic (exact) mass is 220 g/mol. The van der Waals surface area contributed by atoms with Crippen molar-refractivity contribution in [1.29, 1.82) is 0 Å². The van der Waals surface area contributed by atoms with Crippen molar-refractivity contribution >= 4 is 19.2 Å². The Morgan fingerprint density at radius 3 is 2.29 bits per heavy atom. The van der Waals surface area contributed by atoms with E-state index in [2.05, 4.69) is 4.52 Å². The number of phosphoric acid groups is 1. The predicted molar refractivity (Wildman–Crippen MR) is 49.6 cm³/mol. The van der Waals surface area contributed by atoms with E-state index in [4.69, 9.17) is 26.4 Å². The predicted octanol–water partition coefficient (Wildman–Crippen LogP) is 0.0281. The Kier molecular flexibility index (Phi) is 2.57. The second kappa shape index (κ2) is 3.38. The molecular formula is C6H9N2O5P. The van der Waals surface area contributed by atoms with E-state index in [9.17, 15) is 4.57 Å². The summed E-state index contributed by atoms with van der Waals surface area (Å²) in [5.41, 5.74) is 10.4. The van der Waals surface area contributed by atoms with Gasteiger partial charge >= 0.3 is 7.82 Å². The summed E-state index contributed by atoms with van der Waals surface area (Å²) in [6.07, 6.45) is 0. The van der Waals surface area contributed by atoms with Crippen LogP contribution >= 0.6 is 7.82 Å². The maximum absolute atomic E-state index is 10.5. The molecule has 0 spiro atoms. The molecule has 0 atom stereocenters. The highest BCUT2D eigenvalue weighted by atomic mass is 31.2. The Morgan fingerprint density at radius 2 is 1.79 bits per heavy atom. The maximum atomic E-state index is 10.5. The number of benzene rings is 1. The molecule has 0 saturated carbocycles. The molecular weight excluding hydrogens is 211 g/mol. The summed E-state index contributed by atoms with van der Waals surface area (Å²) in [4.78, 5) is 17.0. The molecule has 0 saturated heterocycles. The smallest absolute Gasteiger partial charge is 0.506 e. The number of nitrogens with two attached hydrogens (primary N) is 2. The fraction of sp³-hybridized carbons (Fsp3) is 0. The summed E-state index contributed by atoms with van der Waals surface area (Å²) in [5, 5.41) is 9.07. The summed E-state index contributed by atoms with van der Waals surface area (Å²) < 4.78 is 14.7. The van der Waals surface area contributed by atoms with Gasteiger partial charge in [-0.2, -0.15) is 0 Å². The van der Waals surface area contributed by atoms with Gasteiger partial charge in [-0.3, -0.25) is 9.79 Å². The van der Waals surface area contributed by atoms with Gasteiger partial charge in [0.25, 0.3) is 0 Å². The van der Waals surface area contributed by atoms with Gasteiger partial charge in [-0.25, -0.2) is 4.57 Å². The lowest BCUT2D eigenvalue weighted by Crippen LogP contribution is -1.97. The van der Waals surface area contributed by atoms with E-state index in [-0.39, 0.29) is 22.9 Å². The first-order valence-electron chi connectivity index (χ1n) is 3.42. The number of hydrogen-bond donors (Lipinski definition) is 5. The van der Waals surface area contributed by atoms with Crippen molar-refractivity contribution in [2.45, 2.75) is 0 Å².